The molecule has 4 rings (SSSR count). The molecule has 0 spiro atoms. The van der Waals surface area contributed by atoms with Gasteiger partial charge in [0, 0.05) is 38.3 Å². The summed E-state index contributed by atoms with van der Waals surface area (Å²) < 4.78 is 53.4. The lowest BCUT2D eigenvalue weighted by atomic mass is 9.97. The lowest BCUT2D eigenvalue weighted by molar-refractivity contribution is -0.144. The minimum absolute atomic E-state index is 0.0413. The van der Waals surface area contributed by atoms with Crippen LogP contribution in [0, 0.1) is 0 Å². The lowest BCUT2D eigenvalue weighted by Gasteiger charge is -2.29. The molecule has 2 aliphatic heterocycles. The van der Waals surface area contributed by atoms with E-state index in [0.29, 0.717) is 11.1 Å². The Morgan fingerprint density at radius 1 is 1.22 bits per heavy atom. The smallest absolute Gasteiger partial charge is 0.322 e. The van der Waals surface area contributed by atoms with Gasteiger partial charge in [0.05, 0.1) is 1.37 Å². The first-order valence-corrected chi connectivity index (χ1v) is 10.1. The van der Waals surface area contributed by atoms with E-state index in [1.165, 1.54) is 30.3 Å². The fraction of sp³-hybridized carbons (Fsp3) is 0.304. The Morgan fingerprint density at radius 3 is 2.66 bits per heavy atom. The van der Waals surface area contributed by atoms with Crippen LogP contribution in [0.1, 0.15) is 50.4 Å². The van der Waals surface area contributed by atoms with Gasteiger partial charge in [-0.3, -0.25) is 24.5 Å². The summed E-state index contributed by atoms with van der Waals surface area (Å²) in [5, 5.41) is 2.13. The van der Waals surface area contributed by atoms with E-state index < -0.39 is 60.2 Å². The number of Topliss-reactive ketones (excluding diaryl/α,β-unsaturated/α-hetero) is 1. The Bertz CT molecular complexity index is 1240. The summed E-state index contributed by atoms with van der Waals surface area (Å²) in [6.07, 6.45) is -4.07. The monoisotopic (exact) mass is 463 g/mol. The number of benzene rings is 2. The molecule has 0 saturated carbocycles. The molecule has 2 unspecified atom stereocenters. The van der Waals surface area contributed by atoms with E-state index in [1.54, 1.807) is 0 Å². The number of hydrogen-bond donors (Lipinski definition) is 1. The normalized spacial score (nSPS) is 26.8. The topological polar surface area (TPSA) is 83.6 Å². The van der Waals surface area contributed by atoms with Gasteiger partial charge in [0.1, 0.15) is 6.02 Å². The molecule has 0 radical (unpaired) electrons. The van der Waals surface area contributed by atoms with Crippen molar-refractivity contribution < 1.29 is 32.1 Å². The summed E-state index contributed by atoms with van der Waals surface area (Å²) in [7, 11) is 0. The fourth-order valence-corrected chi connectivity index (χ4v) is 3.75. The van der Waals surface area contributed by atoms with Gasteiger partial charge in [-0.15, -0.1) is 0 Å². The number of nitrogens with zero attached hydrogens (tertiary/aromatic N) is 1. The number of piperidine rings is 1. The number of rotatable bonds is 6. The molecule has 2 aliphatic rings. The van der Waals surface area contributed by atoms with E-state index in [1.807, 2.05) is 5.32 Å². The van der Waals surface area contributed by atoms with Crippen LogP contribution in [0.15, 0.2) is 42.5 Å². The molecular formula is C23H19ClF2N2O4. The highest BCUT2D eigenvalue weighted by Gasteiger charge is 2.41. The predicted octanol–water partition coefficient (Wildman–Crippen LogP) is 3.39. The number of alkyl halides is 2. The minimum atomic E-state index is -3.70. The van der Waals surface area contributed by atoms with E-state index in [2.05, 4.69) is 0 Å². The van der Waals surface area contributed by atoms with Crippen molar-refractivity contribution in [3.63, 3.8) is 0 Å². The SMILES string of the molecule is [2H]C1C(=O)NC(=O)[C@]([2H])(N2Cc3cc(CCC(=O)C(F)(F)c4ccc(Cl)cc4)ccc3C2=O)C1[2H]. The van der Waals surface area contributed by atoms with Crippen molar-refractivity contribution >= 4 is 35.1 Å². The van der Waals surface area contributed by atoms with Crippen LogP contribution >= 0.6 is 11.6 Å². The summed E-state index contributed by atoms with van der Waals surface area (Å²) in [4.78, 5) is 50.0. The van der Waals surface area contributed by atoms with E-state index in [-0.39, 0.29) is 23.6 Å². The molecule has 0 bridgehead atoms. The van der Waals surface area contributed by atoms with Crippen LogP contribution in [-0.2, 0) is 33.3 Å². The van der Waals surface area contributed by atoms with E-state index in [0.717, 1.165) is 17.0 Å². The second-order valence-electron chi connectivity index (χ2n) is 7.42. The summed E-state index contributed by atoms with van der Waals surface area (Å²) in [6, 6.07) is 6.63. The molecule has 9 heteroatoms. The van der Waals surface area contributed by atoms with Crippen molar-refractivity contribution in [2.45, 2.75) is 44.1 Å². The number of aryl methyl sites for hydroxylation is 1. The summed E-state index contributed by atoms with van der Waals surface area (Å²) in [5.41, 5.74) is 0.553. The van der Waals surface area contributed by atoms with Gasteiger partial charge >= 0.3 is 5.92 Å². The number of hydrogen-bond acceptors (Lipinski definition) is 4. The molecule has 1 saturated heterocycles. The van der Waals surface area contributed by atoms with Gasteiger partial charge in [0.2, 0.25) is 17.6 Å². The maximum absolute atomic E-state index is 14.5. The average Bonchev–Trinajstić information content (AvgIpc) is 3.16. The van der Waals surface area contributed by atoms with Crippen molar-refractivity contribution in [3.05, 3.63) is 69.7 Å². The Labute approximate surface area is 191 Å². The number of ketones is 1. The molecule has 1 N–H and O–H groups in total. The number of carbonyl (C=O) groups excluding carboxylic acids is 4. The number of nitrogens with one attached hydrogen (secondary N) is 1. The van der Waals surface area contributed by atoms with Gasteiger partial charge in [0.25, 0.3) is 5.91 Å². The molecular weight excluding hydrogens is 442 g/mol. The van der Waals surface area contributed by atoms with Crippen LogP contribution in [0.3, 0.4) is 0 Å². The van der Waals surface area contributed by atoms with Gasteiger partial charge in [-0.05, 0) is 42.1 Å². The van der Waals surface area contributed by atoms with Gasteiger partial charge in [-0.2, -0.15) is 8.78 Å². The number of halogens is 3. The second kappa shape index (κ2) is 8.43. The molecule has 32 heavy (non-hydrogen) atoms. The van der Waals surface area contributed by atoms with Gasteiger partial charge in [0.15, 0.2) is 0 Å². The Balaban J connectivity index is 1.50. The van der Waals surface area contributed by atoms with Crippen molar-refractivity contribution in [2.75, 3.05) is 0 Å². The highest BCUT2D eigenvalue weighted by Crippen LogP contribution is 2.32. The quantitative estimate of drug-likeness (QED) is 0.665. The van der Waals surface area contributed by atoms with Crippen molar-refractivity contribution in [1.82, 2.24) is 10.2 Å². The highest BCUT2D eigenvalue weighted by molar-refractivity contribution is 6.30. The summed E-state index contributed by atoms with van der Waals surface area (Å²) >= 11 is 5.71. The van der Waals surface area contributed by atoms with Crippen molar-refractivity contribution in [2.24, 2.45) is 0 Å². The third-order valence-electron chi connectivity index (χ3n) is 5.32. The van der Waals surface area contributed by atoms with Crippen LogP contribution in [0.5, 0.6) is 0 Å². The molecule has 6 nitrogen and oxygen atoms in total. The van der Waals surface area contributed by atoms with E-state index >= 15 is 0 Å². The van der Waals surface area contributed by atoms with Gasteiger partial charge in [-0.25, -0.2) is 0 Å². The molecule has 3 amide bonds. The maximum Gasteiger partial charge on any atom is 0.330 e. The van der Waals surface area contributed by atoms with Crippen LogP contribution in [-0.4, -0.2) is 34.4 Å². The standard InChI is InChI=1S/C23H19ClF2N2O4/c24-16-5-3-15(4-6-16)23(25,26)19(29)9-2-13-1-7-17-14(11-13)12-28(22(17)32)18-8-10-20(30)27-21(18)31/h1,3-7,11,18H,2,8-10,12H2,(H,27,30,31)/t18-/m1/s1/i8D,10D,18D/t8?,10?,18-. The first-order chi connectivity index (χ1) is 16.4. The first-order valence-electron chi connectivity index (χ1n) is 11.3. The average molecular weight is 464 g/mol. The Hall–Kier alpha value is -3.13. The molecule has 2 heterocycles. The molecule has 2 aromatic carbocycles. The van der Waals surface area contributed by atoms with Gasteiger partial charge in [-0.1, -0.05) is 35.9 Å². The number of carbonyl (C=O) groups is 4. The maximum atomic E-state index is 14.5. The highest BCUT2D eigenvalue weighted by atomic mass is 35.5. The molecule has 1 fully saturated rings. The van der Waals surface area contributed by atoms with Crippen LogP contribution in [0.25, 0.3) is 0 Å². The fourth-order valence-electron chi connectivity index (χ4n) is 3.62. The number of amides is 3. The molecule has 0 aliphatic carbocycles. The first kappa shape index (κ1) is 18.4. The minimum Gasteiger partial charge on any atom is -0.322 e. The lowest BCUT2D eigenvalue weighted by Crippen LogP contribution is -2.52. The zero-order chi connectivity index (χ0) is 25.7. The van der Waals surface area contributed by atoms with E-state index in [9.17, 15) is 28.0 Å². The zero-order valence-corrected chi connectivity index (χ0v) is 17.3. The van der Waals surface area contributed by atoms with Gasteiger partial charge < -0.3 is 4.90 Å². The Kier molecular flexibility index (Phi) is 4.86. The molecule has 166 valence electrons. The summed E-state index contributed by atoms with van der Waals surface area (Å²) in [6.45, 7) is -0.246. The third-order valence-corrected chi connectivity index (χ3v) is 5.58. The van der Waals surface area contributed by atoms with Crippen LogP contribution in [0.4, 0.5) is 8.78 Å². The van der Waals surface area contributed by atoms with Crippen LogP contribution in [0.2, 0.25) is 5.02 Å². The second-order valence-corrected chi connectivity index (χ2v) is 7.86. The molecule has 3 atom stereocenters. The predicted molar refractivity (Wildman–Crippen MR) is 111 cm³/mol. The number of imide groups is 1. The Morgan fingerprint density at radius 2 is 1.94 bits per heavy atom. The third kappa shape index (κ3) is 4.14. The zero-order valence-electron chi connectivity index (χ0n) is 19.5. The summed E-state index contributed by atoms with van der Waals surface area (Å²) in [5.74, 6) is -7.88. The largest absolute Gasteiger partial charge is 0.330 e. The van der Waals surface area contributed by atoms with Crippen LogP contribution < -0.4 is 5.32 Å². The van der Waals surface area contributed by atoms with Crippen molar-refractivity contribution in [3.8, 4) is 0 Å². The van der Waals surface area contributed by atoms with E-state index in [4.69, 9.17) is 15.7 Å². The van der Waals surface area contributed by atoms with Crippen molar-refractivity contribution in [1.29, 1.82) is 0 Å². The number of fused-ring (bicyclic) bond motifs is 1. The molecule has 2 aromatic rings. The molecule has 0 aromatic heterocycles.